The van der Waals surface area contributed by atoms with Crippen LogP contribution < -0.4 is 4.74 Å². The third kappa shape index (κ3) is 1.50. The maximum absolute atomic E-state index is 5.06. The summed E-state index contributed by atoms with van der Waals surface area (Å²) in [5.74, 6) is 0.616. The van der Waals surface area contributed by atoms with Crippen LogP contribution in [-0.2, 0) is 0 Å². The van der Waals surface area contributed by atoms with Gasteiger partial charge in [0.1, 0.15) is 10.6 Å². The first-order valence-electron chi connectivity index (χ1n) is 3.59. The van der Waals surface area contributed by atoms with Crippen molar-refractivity contribution in [1.29, 1.82) is 0 Å². The van der Waals surface area contributed by atoms with Gasteiger partial charge in [-0.2, -0.15) is 4.37 Å². The summed E-state index contributed by atoms with van der Waals surface area (Å²) in [6, 6.07) is 0. The lowest BCUT2D eigenvalue weighted by molar-refractivity contribution is 0.416. The largest absolute Gasteiger partial charge is 0.493 e. The molecule has 0 amide bonds. The normalized spacial score (nSPS) is 9.92. The Bertz CT molecular complexity index is 387. The lowest BCUT2D eigenvalue weighted by atomic mass is 10.3. The van der Waals surface area contributed by atoms with Crippen LogP contribution in [0, 0.1) is 6.20 Å². The van der Waals surface area contributed by atoms with E-state index in [0.29, 0.717) is 5.75 Å². The van der Waals surface area contributed by atoms with Gasteiger partial charge in [0.25, 0.3) is 0 Å². The predicted octanol–water partition coefficient (Wildman–Crippen LogP) is 1.41. The van der Waals surface area contributed by atoms with Gasteiger partial charge in [0.2, 0.25) is 0 Å². The van der Waals surface area contributed by atoms with E-state index in [1.165, 1.54) is 11.5 Å². The van der Waals surface area contributed by atoms with Gasteiger partial charge in [0.15, 0.2) is 11.9 Å². The Hall–Kier alpha value is -1.49. The average Bonchev–Trinajstić information content (AvgIpc) is 2.67. The molecule has 2 rings (SSSR count). The minimum Gasteiger partial charge on any atom is -0.493 e. The molecule has 2 aromatic rings. The SMILES string of the molecule is COc1[c]nsc1-c1cnccn1. The van der Waals surface area contributed by atoms with Crippen molar-refractivity contribution in [3.8, 4) is 16.3 Å². The van der Waals surface area contributed by atoms with Gasteiger partial charge in [-0.25, -0.2) is 0 Å². The molecule has 13 heavy (non-hydrogen) atoms. The monoisotopic (exact) mass is 192 g/mol. The maximum Gasteiger partial charge on any atom is 0.168 e. The van der Waals surface area contributed by atoms with E-state index in [1.54, 1.807) is 25.7 Å². The third-order valence-electron chi connectivity index (χ3n) is 1.49. The number of methoxy groups -OCH3 is 1. The summed E-state index contributed by atoms with van der Waals surface area (Å²) in [6.45, 7) is 0. The molecule has 0 aliphatic heterocycles. The molecule has 2 heterocycles. The molecule has 0 aliphatic rings. The van der Waals surface area contributed by atoms with Gasteiger partial charge >= 0.3 is 0 Å². The Morgan fingerprint density at radius 3 is 3.08 bits per heavy atom. The van der Waals surface area contributed by atoms with Crippen molar-refractivity contribution in [1.82, 2.24) is 14.3 Å². The number of aromatic nitrogens is 3. The topological polar surface area (TPSA) is 47.9 Å². The maximum atomic E-state index is 5.06. The second-order valence-corrected chi connectivity index (χ2v) is 3.02. The van der Waals surface area contributed by atoms with Crippen molar-refractivity contribution in [2.75, 3.05) is 7.11 Å². The molecule has 0 fully saturated rings. The van der Waals surface area contributed by atoms with Crippen molar-refractivity contribution >= 4 is 11.5 Å². The molecule has 0 spiro atoms. The highest BCUT2D eigenvalue weighted by Crippen LogP contribution is 2.30. The summed E-state index contributed by atoms with van der Waals surface area (Å²) in [5.41, 5.74) is 0.762. The van der Waals surface area contributed by atoms with Crippen LogP contribution >= 0.6 is 11.5 Å². The van der Waals surface area contributed by atoms with Crippen LogP contribution in [0.25, 0.3) is 10.6 Å². The zero-order chi connectivity index (χ0) is 9.10. The van der Waals surface area contributed by atoms with Crippen LogP contribution in [0.4, 0.5) is 0 Å². The fourth-order valence-electron chi connectivity index (χ4n) is 0.920. The van der Waals surface area contributed by atoms with Gasteiger partial charge < -0.3 is 4.74 Å². The predicted molar refractivity (Wildman–Crippen MR) is 48.5 cm³/mol. The Balaban J connectivity index is 2.47. The van der Waals surface area contributed by atoms with Crippen LogP contribution in [0.2, 0.25) is 0 Å². The molecule has 0 saturated carbocycles. The van der Waals surface area contributed by atoms with Crippen LogP contribution in [0.5, 0.6) is 5.75 Å². The van der Waals surface area contributed by atoms with E-state index in [-0.39, 0.29) is 0 Å². The molecule has 1 radical (unpaired) electrons. The van der Waals surface area contributed by atoms with Crippen molar-refractivity contribution in [2.24, 2.45) is 0 Å². The molecular weight excluding hydrogens is 186 g/mol. The molecule has 0 unspecified atom stereocenters. The Morgan fingerprint density at radius 2 is 2.38 bits per heavy atom. The van der Waals surface area contributed by atoms with E-state index in [2.05, 4.69) is 20.5 Å². The molecule has 65 valence electrons. The molecule has 4 nitrogen and oxygen atoms in total. The summed E-state index contributed by atoms with van der Waals surface area (Å²) < 4.78 is 8.96. The van der Waals surface area contributed by atoms with Crippen LogP contribution in [0.1, 0.15) is 0 Å². The highest BCUT2D eigenvalue weighted by molar-refractivity contribution is 7.09. The van der Waals surface area contributed by atoms with Crippen LogP contribution in [0.3, 0.4) is 0 Å². The minimum absolute atomic E-state index is 0.616. The van der Waals surface area contributed by atoms with Crippen molar-refractivity contribution < 1.29 is 4.74 Å². The second kappa shape index (κ2) is 3.49. The van der Waals surface area contributed by atoms with Crippen LogP contribution in [-0.4, -0.2) is 21.5 Å². The summed E-state index contributed by atoms with van der Waals surface area (Å²) >= 11 is 1.29. The van der Waals surface area contributed by atoms with E-state index in [0.717, 1.165) is 10.6 Å². The molecule has 0 bridgehead atoms. The molecule has 5 heteroatoms. The van der Waals surface area contributed by atoms with Crippen molar-refractivity contribution in [3.63, 3.8) is 0 Å². The average molecular weight is 192 g/mol. The fourth-order valence-corrected chi connectivity index (χ4v) is 1.55. The smallest absolute Gasteiger partial charge is 0.168 e. The van der Waals surface area contributed by atoms with Gasteiger partial charge in [-0.05, 0) is 11.5 Å². The lowest BCUT2D eigenvalue weighted by Crippen LogP contribution is -1.85. The van der Waals surface area contributed by atoms with Gasteiger partial charge in [0.05, 0.1) is 13.3 Å². The number of rotatable bonds is 2. The molecule has 0 aromatic carbocycles. The number of hydrogen-bond donors (Lipinski definition) is 0. The summed E-state index contributed by atoms with van der Waals surface area (Å²) in [7, 11) is 1.58. The van der Waals surface area contributed by atoms with Gasteiger partial charge in [-0.15, -0.1) is 0 Å². The second-order valence-electron chi connectivity index (χ2n) is 2.25. The van der Waals surface area contributed by atoms with E-state index >= 15 is 0 Å². The van der Waals surface area contributed by atoms with Crippen molar-refractivity contribution in [2.45, 2.75) is 0 Å². The van der Waals surface area contributed by atoms with Gasteiger partial charge in [-0.3, -0.25) is 9.97 Å². The highest BCUT2D eigenvalue weighted by atomic mass is 32.1. The zero-order valence-electron chi connectivity index (χ0n) is 6.89. The lowest BCUT2D eigenvalue weighted by Gasteiger charge is -1.97. The van der Waals surface area contributed by atoms with E-state index < -0.39 is 0 Å². The van der Waals surface area contributed by atoms with E-state index in [1.807, 2.05) is 0 Å². The summed E-state index contributed by atoms with van der Waals surface area (Å²) in [4.78, 5) is 8.96. The van der Waals surface area contributed by atoms with Gasteiger partial charge in [-0.1, -0.05) is 0 Å². The minimum atomic E-state index is 0.616. The Kier molecular flexibility index (Phi) is 2.18. The van der Waals surface area contributed by atoms with E-state index in [9.17, 15) is 0 Å². The molecule has 0 aliphatic carbocycles. The fraction of sp³-hybridized carbons (Fsp3) is 0.125. The molecule has 2 aromatic heterocycles. The Labute approximate surface area is 79.4 Å². The number of ether oxygens (including phenoxy) is 1. The summed E-state index contributed by atoms with van der Waals surface area (Å²) in [5, 5.41) is 0. The molecule has 0 atom stereocenters. The highest BCUT2D eigenvalue weighted by Gasteiger charge is 2.09. The zero-order valence-corrected chi connectivity index (χ0v) is 7.71. The number of nitrogens with zero attached hydrogens (tertiary/aromatic N) is 3. The van der Waals surface area contributed by atoms with E-state index in [4.69, 9.17) is 4.74 Å². The number of hydrogen-bond acceptors (Lipinski definition) is 5. The first-order valence-corrected chi connectivity index (χ1v) is 4.37. The van der Waals surface area contributed by atoms with Crippen molar-refractivity contribution in [3.05, 3.63) is 24.8 Å². The molecular formula is C8H6N3OS. The first-order chi connectivity index (χ1) is 6.42. The van der Waals surface area contributed by atoms with Crippen LogP contribution in [0.15, 0.2) is 18.6 Å². The molecule has 0 N–H and O–H groups in total. The third-order valence-corrected chi connectivity index (χ3v) is 2.25. The summed E-state index contributed by atoms with van der Waals surface area (Å²) in [6.07, 6.45) is 7.66. The Morgan fingerprint density at radius 1 is 1.46 bits per heavy atom. The first kappa shape index (κ1) is 8.12. The quantitative estimate of drug-likeness (QED) is 0.721. The van der Waals surface area contributed by atoms with Gasteiger partial charge in [0, 0.05) is 12.4 Å². The standard InChI is InChI=1S/C8H6N3OS/c1-12-7-5-11-13-8(7)6-4-9-2-3-10-6/h2-4H,1H3. The molecule has 0 saturated heterocycles.